The molecule has 2 rings (SSSR count). The number of carbonyl (C=O) groups excluding carboxylic acids is 1. The van der Waals surface area contributed by atoms with Gasteiger partial charge < -0.3 is 15.2 Å². The molecule has 1 saturated heterocycles. The van der Waals surface area contributed by atoms with Gasteiger partial charge in [0.05, 0.1) is 12.7 Å². The number of likely N-dealkylation sites (tertiary alicyclic amines) is 1. The minimum atomic E-state index is -0.393. The Balaban J connectivity index is 1.88. The predicted molar refractivity (Wildman–Crippen MR) is 73.4 cm³/mol. The summed E-state index contributed by atoms with van der Waals surface area (Å²) in [7, 11) is 1.55. The molecular formula is C14H20N2O3. The van der Waals surface area contributed by atoms with Gasteiger partial charge in [0.15, 0.2) is 0 Å². The molecule has 1 aliphatic heterocycles. The number of hydrogen-bond acceptors (Lipinski definition) is 5. The maximum absolute atomic E-state index is 11.9. The van der Waals surface area contributed by atoms with E-state index in [1.54, 1.807) is 25.3 Å². The first kappa shape index (κ1) is 13.7. The van der Waals surface area contributed by atoms with Crippen LogP contribution in [0.4, 0.5) is 5.69 Å². The van der Waals surface area contributed by atoms with Crippen LogP contribution in [0.5, 0.6) is 5.75 Å². The van der Waals surface area contributed by atoms with E-state index in [1.165, 1.54) is 12.8 Å². The van der Waals surface area contributed by atoms with Crippen LogP contribution >= 0.6 is 0 Å². The lowest BCUT2D eigenvalue weighted by atomic mass is 10.2. The fourth-order valence-electron chi connectivity index (χ4n) is 2.19. The molecule has 0 saturated carbocycles. The van der Waals surface area contributed by atoms with Gasteiger partial charge in [-0.2, -0.15) is 0 Å². The maximum Gasteiger partial charge on any atom is 0.340 e. The molecule has 0 bridgehead atoms. The topological polar surface area (TPSA) is 64.8 Å². The summed E-state index contributed by atoms with van der Waals surface area (Å²) in [6, 6.07) is 4.97. The van der Waals surface area contributed by atoms with Gasteiger partial charge in [0.25, 0.3) is 0 Å². The van der Waals surface area contributed by atoms with Gasteiger partial charge in [-0.15, -0.1) is 0 Å². The summed E-state index contributed by atoms with van der Waals surface area (Å²) in [6.07, 6.45) is 2.47. The summed E-state index contributed by atoms with van der Waals surface area (Å²) in [5, 5.41) is 0. The first-order valence-electron chi connectivity index (χ1n) is 6.53. The van der Waals surface area contributed by atoms with Gasteiger partial charge in [0, 0.05) is 12.2 Å². The Labute approximate surface area is 113 Å². The zero-order valence-corrected chi connectivity index (χ0v) is 11.2. The normalized spacial score (nSPS) is 15.4. The van der Waals surface area contributed by atoms with E-state index in [0.29, 0.717) is 23.6 Å². The highest BCUT2D eigenvalue weighted by molar-refractivity contribution is 5.95. The van der Waals surface area contributed by atoms with Crippen molar-refractivity contribution in [3.63, 3.8) is 0 Å². The molecule has 1 fully saturated rings. The van der Waals surface area contributed by atoms with E-state index in [9.17, 15) is 4.79 Å². The number of esters is 1. The summed E-state index contributed by atoms with van der Waals surface area (Å²) < 4.78 is 10.3. The minimum absolute atomic E-state index is 0.362. The van der Waals surface area contributed by atoms with Crippen LogP contribution in [0.3, 0.4) is 0 Å². The zero-order valence-electron chi connectivity index (χ0n) is 11.2. The Morgan fingerprint density at radius 1 is 1.37 bits per heavy atom. The van der Waals surface area contributed by atoms with Crippen molar-refractivity contribution >= 4 is 11.7 Å². The first-order valence-corrected chi connectivity index (χ1v) is 6.53. The van der Waals surface area contributed by atoms with Crippen molar-refractivity contribution in [1.82, 2.24) is 4.90 Å². The average Bonchev–Trinajstić information content (AvgIpc) is 2.92. The lowest BCUT2D eigenvalue weighted by molar-refractivity contribution is 0.0473. The van der Waals surface area contributed by atoms with Gasteiger partial charge in [-0.1, -0.05) is 0 Å². The second-order valence-electron chi connectivity index (χ2n) is 4.64. The van der Waals surface area contributed by atoms with E-state index >= 15 is 0 Å². The Kier molecular flexibility index (Phi) is 4.63. The van der Waals surface area contributed by atoms with E-state index in [1.807, 2.05) is 0 Å². The standard InChI is InChI=1S/C14H20N2O3/c1-18-11-4-5-13(15)12(10-11)14(17)19-9-8-16-6-2-3-7-16/h4-5,10H,2-3,6-9,15H2,1H3. The quantitative estimate of drug-likeness (QED) is 0.645. The van der Waals surface area contributed by atoms with Gasteiger partial charge in [-0.05, 0) is 44.1 Å². The number of nitrogen functional groups attached to an aromatic ring is 1. The average molecular weight is 264 g/mol. The number of benzene rings is 1. The van der Waals surface area contributed by atoms with Crippen LogP contribution in [0, 0.1) is 0 Å². The molecule has 2 N–H and O–H groups in total. The molecule has 0 aromatic heterocycles. The SMILES string of the molecule is COc1ccc(N)c(C(=O)OCCN2CCCC2)c1. The number of ether oxygens (including phenoxy) is 2. The largest absolute Gasteiger partial charge is 0.497 e. The van der Waals surface area contributed by atoms with Crippen LogP contribution in [0.25, 0.3) is 0 Å². The Hall–Kier alpha value is -1.75. The van der Waals surface area contributed by atoms with E-state index < -0.39 is 5.97 Å². The monoisotopic (exact) mass is 264 g/mol. The van der Waals surface area contributed by atoms with Gasteiger partial charge in [0.2, 0.25) is 0 Å². The third-order valence-electron chi connectivity index (χ3n) is 3.32. The molecule has 104 valence electrons. The van der Waals surface area contributed by atoms with E-state index in [0.717, 1.165) is 19.6 Å². The van der Waals surface area contributed by atoms with E-state index in [-0.39, 0.29) is 0 Å². The van der Waals surface area contributed by atoms with Crippen LogP contribution in [0.1, 0.15) is 23.2 Å². The molecule has 0 radical (unpaired) electrons. The van der Waals surface area contributed by atoms with E-state index in [2.05, 4.69) is 4.90 Å². The van der Waals surface area contributed by atoms with Crippen LogP contribution in [0.2, 0.25) is 0 Å². The van der Waals surface area contributed by atoms with Gasteiger partial charge in [-0.25, -0.2) is 4.79 Å². The highest BCUT2D eigenvalue weighted by Gasteiger charge is 2.15. The number of hydrogen-bond donors (Lipinski definition) is 1. The summed E-state index contributed by atoms with van der Waals surface area (Å²) in [4.78, 5) is 14.2. The molecule has 1 aromatic carbocycles. The predicted octanol–water partition coefficient (Wildman–Crippen LogP) is 1.53. The number of carbonyl (C=O) groups is 1. The molecule has 0 aliphatic carbocycles. The highest BCUT2D eigenvalue weighted by atomic mass is 16.5. The molecule has 5 heteroatoms. The lowest BCUT2D eigenvalue weighted by Gasteiger charge is -2.14. The number of nitrogens with zero attached hydrogens (tertiary/aromatic N) is 1. The molecule has 0 unspecified atom stereocenters. The molecule has 19 heavy (non-hydrogen) atoms. The molecule has 0 spiro atoms. The minimum Gasteiger partial charge on any atom is -0.497 e. The fraction of sp³-hybridized carbons (Fsp3) is 0.500. The third kappa shape index (κ3) is 3.61. The third-order valence-corrected chi connectivity index (χ3v) is 3.32. The van der Waals surface area contributed by atoms with Crippen molar-refractivity contribution in [2.45, 2.75) is 12.8 Å². The van der Waals surface area contributed by atoms with E-state index in [4.69, 9.17) is 15.2 Å². The van der Waals surface area contributed by atoms with Crippen molar-refractivity contribution in [2.75, 3.05) is 39.1 Å². The molecule has 1 heterocycles. The van der Waals surface area contributed by atoms with Crippen molar-refractivity contribution in [3.05, 3.63) is 23.8 Å². The summed E-state index contributed by atoms with van der Waals surface area (Å²) in [5.41, 5.74) is 6.54. The van der Waals surface area contributed by atoms with Gasteiger partial charge in [0.1, 0.15) is 12.4 Å². The molecule has 1 aromatic rings. The Bertz CT molecular complexity index is 442. The molecule has 5 nitrogen and oxygen atoms in total. The van der Waals surface area contributed by atoms with Crippen LogP contribution < -0.4 is 10.5 Å². The van der Waals surface area contributed by atoms with Gasteiger partial charge in [-0.3, -0.25) is 4.90 Å². The van der Waals surface area contributed by atoms with Crippen molar-refractivity contribution in [3.8, 4) is 5.75 Å². The number of rotatable bonds is 5. The van der Waals surface area contributed by atoms with Crippen molar-refractivity contribution in [1.29, 1.82) is 0 Å². The number of methoxy groups -OCH3 is 1. The van der Waals surface area contributed by atoms with Crippen molar-refractivity contribution in [2.24, 2.45) is 0 Å². The van der Waals surface area contributed by atoms with Crippen LogP contribution in [-0.4, -0.2) is 44.2 Å². The van der Waals surface area contributed by atoms with Gasteiger partial charge >= 0.3 is 5.97 Å². The summed E-state index contributed by atoms with van der Waals surface area (Å²) in [5.74, 6) is 0.205. The zero-order chi connectivity index (χ0) is 13.7. The lowest BCUT2D eigenvalue weighted by Crippen LogP contribution is -2.25. The highest BCUT2D eigenvalue weighted by Crippen LogP contribution is 2.20. The molecule has 0 atom stereocenters. The van der Waals surface area contributed by atoms with Crippen LogP contribution in [-0.2, 0) is 4.74 Å². The smallest absolute Gasteiger partial charge is 0.340 e. The maximum atomic E-state index is 11.9. The Morgan fingerprint density at radius 2 is 2.11 bits per heavy atom. The molecular weight excluding hydrogens is 244 g/mol. The molecule has 1 aliphatic rings. The molecule has 0 amide bonds. The first-order chi connectivity index (χ1) is 9.20. The Morgan fingerprint density at radius 3 is 2.79 bits per heavy atom. The van der Waals surface area contributed by atoms with Crippen molar-refractivity contribution < 1.29 is 14.3 Å². The summed E-state index contributed by atoms with van der Waals surface area (Å²) >= 11 is 0. The second kappa shape index (κ2) is 6.43. The summed E-state index contributed by atoms with van der Waals surface area (Å²) in [6.45, 7) is 3.38. The number of anilines is 1. The number of nitrogens with two attached hydrogens (primary N) is 1. The fourth-order valence-corrected chi connectivity index (χ4v) is 2.19. The second-order valence-corrected chi connectivity index (χ2v) is 4.64. The van der Waals surface area contributed by atoms with Crippen LogP contribution in [0.15, 0.2) is 18.2 Å².